The number of halogens is 1. The molecule has 0 aliphatic carbocycles. The average molecular weight is 409 g/mol. The lowest BCUT2D eigenvalue weighted by Crippen LogP contribution is -2.13. The van der Waals surface area contributed by atoms with Gasteiger partial charge in [-0.2, -0.15) is 0 Å². The molecular weight excluding hydrogens is 380 g/mol. The Morgan fingerprint density at radius 1 is 1.28 bits per heavy atom. The highest BCUT2D eigenvalue weighted by Crippen LogP contribution is 2.27. The average Bonchev–Trinajstić information content (AvgIpc) is 2.59. The molecule has 1 rings (SSSR count). The van der Waals surface area contributed by atoms with E-state index in [1.807, 2.05) is 12.1 Å². The van der Waals surface area contributed by atoms with Gasteiger partial charge in [0, 0.05) is 10.0 Å². The predicted molar refractivity (Wildman–Crippen MR) is 109 cm³/mol. The molecular formula is C21H29BrO3. The van der Waals surface area contributed by atoms with Gasteiger partial charge < -0.3 is 15.3 Å². The molecule has 0 spiro atoms. The van der Waals surface area contributed by atoms with E-state index >= 15 is 0 Å². The second kappa shape index (κ2) is 11.3. The van der Waals surface area contributed by atoms with Crippen LogP contribution in [0.25, 0.3) is 6.08 Å². The number of allylic oxidation sites excluding steroid dienone is 1. The monoisotopic (exact) mass is 408 g/mol. The Bertz CT molecular complexity index is 632. The molecule has 0 aliphatic rings. The third kappa shape index (κ3) is 7.18. The van der Waals surface area contributed by atoms with Crippen LogP contribution < -0.4 is 0 Å². The summed E-state index contributed by atoms with van der Waals surface area (Å²) in [5.41, 5.74) is 3.54. The van der Waals surface area contributed by atoms with Gasteiger partial charge in [0.05, 0.1) is 12.7 Å². The first kappa shape index (κ1) is 21.7. The van der Waals surface area contributed by atoms with Gasteiger partial charge in [0.25, 0.3) is 0 Å². The van der Waals surface area contributed by atoms with Crippen molar-refractivity contribution in [2.24, 2.45) is 0 Å². The number of hydrogen-bond acceptors (Lipinski definition) is 3. The van der Waals surface area contributed by atoms with E-state index in [4.69, 9.17) is 0 Å². The van der Waals surface area contributed by atoms with Gasteiger partial charge in [0.1, 0.15) is 5.75 Å². The van der Waals surface area contributed by atoms with Crippen molar-refractivity contribution in [2.45, 2.75) is 52.1 Å². The maximum Gasteiger partial charge on any atom is 0.122 e. The highest BCUT2D eigenvalue weighted by Gasteiger charge is 2.14. The van der Waals surface area contributed by atoms with Crippen LogP contribution in [0.5, 0.6) is 5.75 Å². The van der Waals surface area contributed by atoms with Gasteiger partial charge in [0.15, 0.2) is 0 Å². The highest BCUT2D eigenvalue weighted by molar-refractivity contribution is 9.10. The number of benzene rings is 1. The van der Waals surface area contributed by atoms with Gasteiger partial charge in [0.2, 0.25) is 0 Å². The quantitative estimate of drug-likeness (QED) is 0.456. The van der Waals surface area contributed by atoms with E-state index in [1.165, 1.54) is 0 Å². The molecule has 3 nitrogen and oxygen atoms in total. The van der Waals surface area contributed by atoms with Crippen LogP contribution in [0.1, 0.15) is 51.5 Å². The van der Waals surface area contributed by atoms with E-state index in [-0.39, 0.29) is 12.4 Å². The molecule has 138 valence electrons. The van der Waals surface area contributed by atoms with Crippen LogP contribution in [0.4, 0.5) is 0 Å². The van der Waals surface area contributed by atoms with Gasteiger partial charge in [-0.25, -0.2) is 0 Å². The summed E-state index contributed by atoms with van der Waals surface area (Å²) in [5, 5.41) is 29.7. The van der Waals surface area contributed by atoms with Crippen molar-refractivity contribution >= 4 is 22.0 Å². The summed E-state index contributed by atoms with van der Waals surface area (Å²) in [7, 11) is 0. The van der Waals surface area contributed by atoms with E-state index in [1.54, 1.807) is 18.2 Å². The Morgan fingerprint density at radius 2 is 2.00 bits per heavy atom. The number of phenols is 1. The summed E-state index contributed by atoms with van der Waals surface area (Å²) >= 11 is 3.42. The van der Waals surface area contributed by atoms with E-state index in [9.17, 15) is 15.3 Å². The molecule has 1 unspecified atom stereocenters. The molecule has 0 amide bonds. The summed E-state index contributed by atoms with van der Waals surface area (Å²) in [6.45, 7) is 8.06. The van der Waals surface area contributed by atoms with Gasteiger partial charge in [-0.1, -0.05) is 60.5 Å². The van der Waals surface area contributed by atoms with Gasteiger partial charge in [-0.05, 0) is 55.0 Å². The van der Waals surface area contributed by atoms with Crippen molar-refractivity contribution in [3.05, 3.63) is 57.6 Å². The van der Waals surface area contributed by atoms with Crippen LogP contribution in [-0.2, 0) is 0 Å². The SMILES string of the molecule is C=C(CCC)/C(=C/CO)C(O)CC/C(=C/c1cc(Br)ccc1O)CC. The number of aliphatic hydroxyl groups excluding tert-OH is 2. The molecule has 0 bridgehead atoms. The molecule has 1 aromatic rings. The summed E-state index contributed by atoms with van der Waals surface area (Å²) in [4.78, 5) is 0. The topological polar surface area (TPSA) is 60.7 Å². The smallest absolute Gasteiger partial charge is 0.122 e. The molecule has 0 fully saturated rings. The summed E-state index contributed by atoms with van der Waals surface area (Å²) < 4.78 is 0.913. The third-order valence-corrected chi connectivity index (χ3v) is 4.67. The number of aromatic hydroxyl groups is 1. The number of hydrogen-bond donors (Lipinski definition) is 3. The molecule has 25 heavy (non-hydrogen) atoms. The molecule has 1 aromatic carbocycles. The Labute approximate surface area is 159 Å². The van der Waals surface area contributed by atoms with Crippen LogP contribution in [0, 0.1) is 0 Å². The minimum atomic E-state index is -0.641. The predicted octanol–water partition coefficient (Wildman–Crippen LogP) is 5.36. The fraction of sp³-hybridized carbons (Fsp3) is 0.429. The lowest BCUT2D eigenvalue weighted by molar-refractivity contribution is 0.200. The van der Waals surface area contributed by atoms with E-state index in [0.29, 0.717) is 12.8 Å². The first-order valence-electron chi connectivity index (χ1n) is 8.77. The van der Waals surface area contributed by atoms with Crippen molar-refractivity contribution in [1.29, 1.82) is 0 Å². The largest absolute Gasteiger partial charge is 0.507 e. The number of phenolic OH excluding ortho intramolecular Hbond substituents is 1. The zero-order valence-corrected chi connectivity index (χ0v) is 16.7. The van der Waals surface area contributed by atoms with Crippen molar-refractivity contribution in [3.63, 3.8) is 0 Å². The Kier molecular flexibility index (Phi) is 9.79. The van der Waals surface area contributed by atoms with Gasteiger partial charge >= 0.3 is 0 Å². The molecule has 0 radical (unpaired) electrons. The Hall–Kier alpha value is -1.36. The molecule has 0 aliphatic heterocycles. The second-order valence-corrected chi connectivity index (χ2v) is 7.03. The zero-order valence-electron chi connectivity index (χ0n) is 15.1. The van der Waals surface area contributed by atoms with Gasteiger partial charge in [-0.3, -0.25) is 0 Å². The zero-order chi connectivity index (χ0) is 18.8. The van der Waals surface area contributed by atoms with E-state index in [0.717, 1.165) is 46.0 Å². The summed E-state index contributed by atoms with van der Waals surface area (Å²) in [6, 6.07) is 5.34. The molecule has 0 aromatic heterocycles. The molecule has 0 saturated heterocycles. The Balaban J connectivity index is 2.84. The normalized spacial score (nSPS) is 13.8. The van der Waals surface area contributed by atoms with Crippen LogP contribution in [-0.4, -0.2) is 28.0 Å². The lowest BCUT2D eigenvalue weighted by atomic mass is 9.93. The van der Waals surface area contributed by atoms with Crippen LogP contribution in [0.3, 0.4) is 0 Å². The van der Waals surface area contributed by atoms with E-state index < -0.39 is 6.10 Å². The fourth-order valence-corrected chi connectivity index (χ4v) is 3.13. The first-order chi connectivity index (χ1) is 11.9. The van der Waals surface area contributed by atoms with Crippen LogP contribution >= 0.6 is 15.9 Å². The van der Waals surface area contributed by atoms with Crippen molar-refractivity contribution in [2.75, 3.05) is 6.61 Å². The van der Waals surface area contributed by atoms with Crippen molar-refractivity contribution < 1.29 is 15.3 Å². The number of rotatable bonds is 10. The second-order valence-electron chi connectivity index (χ2n) is 6.11. The maximum absolute atomic E-state index is 10.5. The maximum atomic E-state index is 10.5. The first-order valence-corrected chi connectivity index (χ1v) is 9.57. The minimum Gasteiger partial charge on any atom is -0.507 e. The summed E-state index contributed by atoms with van der Waals surface area (Å²) in [6.07, 6.45) is 6.86. The number of aliphatic hydroxyl groups is 2. The molecule has 4 heteroatoms. The molecule has 0 heterocycles. The third-order valence-electron chi connectivity index (χ3n) is 4.17. The van der Waals surface area contributed by atoms with Gasteiger partial charge in [-0.15, -0.1) is 0 Å². The van der Waals surface area contributed by atoms with Crippen LogP contribution in [0.15, 0.2) is 52.0 Å². The lowest BCUT2D eigenvalue weighted by Gasteiger charge is -2.18. The van der Waals surface area contributed by atoms with Crippen LogP contribution in [0.2, 0.25) is 0 Å². The molecule has 1 atom stereocenters. The molecule has 3 N–H and O–H groups in total. The highest BCUT2D eigenvalue weighted by atomic mass is 79.9. The fourth-order valence-electron chi connectivity index (χ4n) is 2.75. The summed E-state index contributed by atoms with van der Waals surface area (Å²) in [5.74, 6) is 0.242. The molecule has 0 saturated carbocycles. The standard InChI is InChI=1S/C21H29BrO3/c1-4-6-15(3)19(11-12-23)21(25)9-7-16(5-2)13-17-14-18(22)8-10-20(17)24/h8,10-11,13-14,21,23-25H,3-7,9,12H2,1-2H3/b16-13+,19-11-. The van der Waals surface area contributed by atoms with E-state index in [2.05, 4.69) is 36.4 Å². The minimum absolute atomic E-state index is 0.0997. The van der Waals surface area contributed by atoms with Crippen molar-refractivity contribution in [3.8, 4) is 5.75 Å². The Morgan fingerprint density at radius 3 is 2.60 bits per heavy atom. The van der Waals surface area contributed by atoms with Crippen molar-refractivity contribution in [1.82, 2.24) is 0 Å².